The second-order valence-electron chi connectivity index (χ2n) is 5.18. The first-order valence-corrected chi connectivity index (χ1v) is 8.85. The first kappa shape index (κ1) is 15.4. The summed E-state index contributed by atoms with van der Waals surface area (Å²) in [4.78, 5) is 13.5. The van der Waals surface area contributed by atoms with Crippen molar-refractivity contribution in [1.29, 1.82) is 0 Å². The smallest absolute Gasteiger partial charge is 0.140 e. The Morgan fingerprint density at radius 2 is 2.00 bits per heavy atom. The summed E-state index contributed by atoms with van der Waals surface area (Å²) in [5.41, 5.74) is 3.47. The first-order valence-electron chi connectivity index (χ1n) is 7.22. The van der Waals surface area contributed by atoms with Crippen LogP contribution >= 0.6 is 34.5 Å². The highest BCUT2D eigenvalue weighted by atomic mass is 35.5. The number of hydrogen-bond acceptors (Lipinski definition) is 3. The predicted octanol–water partition coefficient (Wildman–Crippen LogP) is 6.35. The van der Waals surface area contributed by atoms with Gasteiger partial charge in [0.05, 0.1) is 21.7 Å². The van der Waals surface area contributed by atoms with E-state index in [1.54, 1.807) is 23.5 Å². The van der Waals surface area contributed by atoms with Gasteiger partial charge in [-0.25, -0.2) is 4.98 Å². The second-order valence-corrected chi connectivity index (χ2v) is 7.01. The maximum Gasteiger partial charge on any atom is 0.140 e. The van der Waals surface area contributed by atoms with Gasteiger partial charge >= 0.3 is 0 Å². The van der Waals surface area contributed by atoms with Crippen LogP contribution in [0, 0.1) is 0 Å². The Hall–Kier alpha value is -2.14. The van der Waals surface area contributed by atoms with Crippen LogP contribution in [-0.2, 0) is 0 Å². The summed E-state index contributed by atoms with van der Waals surface area (Å²) in [6.45, 7) is 0. The minimum absolute atomic E-state index is 0.567. The molecule has 0 aliphatic rings. The standard InChI is InChI=1S/C18H11Cl2N3S/c19-11-3-5-14(15(20)8-11)18-22-16-6-4-12(9-17(16)23-18)21-10-13-2-1-7-24-13/h1-10H,(H,22,23). The van der Waals surface area contributed by atoms with E-state index in [0.717, 1.165) is 27.2 Å². The number of aromatic nitrogens is 2. The molecule has 0 saturated carbocycles. The number of thiophene rings is 1. The summed E-state index contributed by atoms with van der Waals surface area (Å²) in [5.74, 6) is 0.714. The summed E-state index contributed by atoms with van der Waals surface area (Å²) < 4.78 is 0. The normalized spacial score (nSPS) is 11.6. The number of halogens is 2. The molecule has 24 heavy (non-hydrogen) atoms. The van der Waals surface area contributed by atoms with E-state index >= 15 is 0 Å². The number of fused-ring (bicyclic) bond motifs is 1. The molecule has 1 N–H and O–H groups in total. The molecule has 6 heteroatoms. The Bertz CT molecular complexity index is 1040. The lowest BCUT2D eigenvalue weighted by Crippen LogP contribution is -1.81. The molecule has 0 atom stereocenters. The monoisotopic (exact) mass is 371 g/mol. The Kier molecular flexibility index (Phi) is 4.10. The van der Waals surface area contributed by atoms with Crippen LogP contribution in [0.1, 0.15) is 4.88 Å². The summed E-state index contributed by atoms with van der Waals surface area (Å²) in [6, 6.07) is 15.3. The SMILES string of the molecule is Clc1ccc(-c2nc3ccc(N=Cc4cccs4)cc3[nH]2)c(Cl)c1. The lowest BCUT2D eigenvalue weighted by atomic mass is 10.2. The number of H-pyrrole nitrogens is 1. The molecule has 2 heterocycles. The molecule has 0 radical (unpaired) electrons. The van der Waals surface area contributed by atoms with Crippen molar-refractivity contribution in [2.24, 2.45) is 4.99 Å². The number of nitrogens with one attached hydrogen (secondary N) is 1. The van der Waals surface area contributed by atoms with Crippen LogP contribution in [0.4, 0.5) is 5.69 Å². The molecule has 0 bridgehead atoms. The van der Waals surface area contributed by atoms with Crippen molar-refractivity contribution in [2.45, 2.75) is 0 Å². The van der Waals surface area contributed by atoms with Crippen LogP contribution in [0.25, 0.3) is 22.4 Å². The fourth-order valence-electron chi connectivity index (χ4n) is 2.39. The number of nitrogens with zero attached hydrogens (tertiary/aromatic N) is 2. The van der Waals surface area contributed by atoms with Crippen molar-refractivity contribution in [3.63, 3.8) is 0 Å². The van der Waals surface area contributed by atoms with Gasteiger partial charge in [-0.2, -0.15) is 0 Å². The van der Waals surface area contributed by atoms with Gasteiger partial charge in [0.25, 0.3) is 0 Å². The fourth-order valence-corrected chi connectivity index (χ4v) is 3.47. The Labute approximate surface area is 152 Å². The third-order valence-electron chi connectivity index (χ3n) is 3.54. The summed E-state index contributed by atoms with van der Waals surface area (Å²) in [6.07, 6.45) is 1.86. The number of rotatable bonds is 3. The number of hydrogen-bond donors (Lipinski definition) is 1. The largest absolute Gasteiger partial charge is 0.338 e. The van der Waals surface area contributed by atoms with E-state index in [1.807, 2.05) is 48.0 Å². The molecule has 0 fully saturated rings. The van der Waals surface area contributed by atoms with Gasteiger partial charge in [0.2, 0.25) is 0 Å². The van der Waals surface area contributed by atoms with E-state index in [2.05, 4.69) is 15.0 Å². The van der Waals surface area contributed by atoms with Gasteiger partial charge in [0, 0.05) is 21.7 Å². The van der Waals surface area contributed by atoms with Gasteiger partial charge < -0.3 is 4.98 Å². The minimum atomic E-state index is 0.567. The Morgan fingerprint density at radius 3 is 2.79 bits per heavy atom. The Balaban J connectivity index is 1.70. The molecule has 0 unspecified atom stereocenters. The van der Waals surface area contributed by atoms with Crippen LogP contribution in [0.15, 0.2) is 58.9 Å². The summed E-state index contributed by atoms with van der Waals surface area (Å²) in [7, 11) is 0. The molecule has 2 aromatic heterocycles. The van der Waals surface area contributed by atoms with Crippen molar-refractivity contribution < 1.29 is 0 Å². The molecule has 0 saturated heterocycles. The van der Waals surface area contributed by atoms with Crippen molar-refractivity contribution in [1.82, 2.24) is 9.97 Å². The van der Waals surface area contributed by atoms with Crippen LogP contribution in [-0.4, -0.2) is 16.2 Å². The van der Waals surface area contributed by atoms with E-state index in [9.17, 15) is 0 Å². The van der Waals surface area contributed by atoms with E-state index in [-0.39, 0.29) is 0 Å². The average Bonchev–Trinajstić information content (AvgIpc) is 3.21. The molecule has 4 aromatic rings. The van der Waals surface area contributed by atoms with Gasteiger partial charge in [-0.15, -0.1) is 11.3 Å². The van der Waals surface area contributed by atoms with E-state index < -0.39 is 0 Å². The zero-order valence-corrected chi connectivity index (χ0v) is 14.7. The minimum Gasteiger partial charge on any atom is -0.338 e. The summed E-state index contributed by atoms with van der Waals surface area (Å²) in [5, 5.41) is 3.20. The van der Waals surface area contributed by atoms with Gasteiger partial charge in [-0.05, 0) is 47.8 Å². The van der Waals surface area contributed by atoms with Gasteiger partial charge in [0.15, 0.2) is 0 Å². The number of benzene rings is 2. The van der Waals surface area contributed by atoms with E-state index in [4.69, 9.17) is 23.2 Å². The molecule has 0 aliphatic heterocycles. The molecule has 4 rings (SSSR count). The first-order chi connectivity index (χ1) is 11.7. The molecule has 2 aromatic carbocycles. The molecular formula is C18H11Cl2N3S. The number of aromatic amines is 1. The van der Waals surface area contributed by atoms with Crippen molar-refractivity contribution in [3.05, 3.63) is 68.8 Å². The zero-order chi connectivity index (χ0) is 16.5. The summed E-state index contributed by atoms with van der Waals surface area (Å²) >= 11 is 13.9. The lowest BCUT2D eigenvalue weighted by molar-refractivity contribution is 1.34. The van der Waals surface area contributed by atoms with Gasteiger partial charge in [-0.1, -0.05) is 29.3 Å². The molecule has 0 aliphatic carbocycles. The van der Waals surface area contributed by atoms with E-state index in [1.165, 1.54) is 0 Å². The average molecular weight is 372 g/mol. The third-order valence-corrected chi connectivity index (χ3v) is 4.89. The van der Waals surface area contributed by atoms with E-state index in [0.29, 0.717) is 15.9 Å². The third kappa shape index (κ3) is 3.08. The van der Waals surface area contributed by atoms with Crippen molar-refractivity contribution in [2.75, 3.05) is 0 Å². The molecule has 0 amide bonds. The molecule has 3 nitrogen and oxygen atoms in total. The van der Waals surface area contributed by atoms with Crippen LogP contribution in [0.3, 0.4) is 0 Å². The number of aliphatic imine (C=N–C) groups is 1. The van der Waals surface area contributed by atoms with Crippen LogP contribution in [0.5, 0.6) is 0 Å². The molecular weight excluding hydrogens is 361 g/mol. The lowest BCUT2D eigenvalue weighted by Gasteiger charge is -2.00. The Morgan fingerprint density at radius 1 is 1.08 bits per heavy atom. The maximum absolute atomic E-state index is 6.26. The number of imidazole rings is 1. The highest BCUT2D eigenvalue weighted by Crippen LogP contribution is 2.30. The molecule has 118 valence electrons. The van der Waals surface area contributed by atoms with Gasteiger partial charge in [0.1, 0.15) is 5.82 Å². The van der Waals surface area contributed by atoms with Crippen LogP contribution < -0.4 is 0 Å². The predicted molar refractivity (Wildman–Crippen MR) is 103 cm³/mol. The highest BCUT2D eigenvalue weighted by molar-refractivity contribution is 7.11. The quantitative estimate of drug-likeness (QED) is 0.418. The second kappa shape index (κ2) is 6.40. The molecule has 0 spiro atoms. The van der Waals surface area contributed by atoms with Crippen molar-refractivity contribution >= 4 is 57.5 Å². The zero-order valence-electron chi connectivity index (χ0n) is 12.3. The van der Waals surface area contributed by atoms with Gasteiger partial charge in [-0.3, -0.25) is 4.99 Å². The topological polar surface area (TPSA) is 41.0 Å². The maximum atomic E-state index is 6.26. The van der Waals surface area contributed by atoms with Crippen LogP contribution in [0.2, 0.25) is 10.0 Å². The fraction of sp³-hybridized carbons (Fsp3) is 0. The highest BCUT2D eigenvalue weighted by Gasteiger charge is 2.09. The van der Waals surface area contributed by atoms with Crippen molar-refractivity contribution in [3.8, 4) is 11.4 Å².